The van der Waals surface area contributed by atoms with Gasteiger partial charge in [0, 0.05) is 38.8 Å². The van der Waals surface area contributed by atoms with Crippen molar-refractivity contribution < 1.29 is 13.2 Å². The largest absolute Gasteiger partial charge is 0.340 e. The molecule has 0 unspecified atom stereocenters. The van der Waals surface area contributed by atoms with Gasteiger partial charge in [0.05, 0.1) is 4.90 Å². The van der Waals surface area contributed by atoms with Crippen LogP contribution in [0.15, 0.2) is 29.2 Å². The van der Waals surface area contributed by atoms with Gasteiger partial charge in [-0.05, 0) is 44.2 Å². The molecule has 0 saturated carbocycles. The summed E-state index contributed by atoms with van der Waals surface area (Å²) in [5.41, 5.74) is 0.501. The Hall–Kier alpha value is -1.15. The van der Waals surface area contributed by atoms with Crippen molar-refractivity contribution in [1.29, 1.82) is 0 Å². The summed E-state index contributed by atoms with van der Waals surface area (Å²) in [6, 6.07) is 6.25. The van der Waals surface area contributed by atoms with E-state index < -0.39 is 10.0 Å². The quantitative estimate of drug-likeness (QED) is 0.819. The molecule has 1 aliphatic rings. The van der Waals surface area contributed by atoms with E-state index in [0.717, 1.165) is 19.3 Å². The predicted molar refractivity (Wildman–Crippen MR) is 97.2 cm³/mol. The molecule has 1 aliphatic heterocycles. The van der Waals surface area contributed by atoms with Gasteiger partial charge in [-0.15, -0.1) is 12.4 Å². The van der Waals surface area contributed by atoms with Crippen LogP contribution >= 0.6 is 12.4 Å². The van der Waals surface area contributed by atoms with Crippen molar-refractivity contribution in [1.82, 2.24) is 14.5 Å². The Bertz CT molecular complexity index is 628. The van der Waals surface area contributed by atoms with Crippen LogP contribution in [0.5, 0.6) is 0 Å². The van der Waals surface area contributed by atoms with E-state index in [1.807, 2.05) is 7.05 Å². The Kier molecular flexibility index (Phi) is 8.15. The van der Waals surface area contributed by atoms with Crippen molar-refractivity contribution in [3.8, 4) is 0 Å². The van der Waals surface area contributed by atoms with Gasteiger partial charge >= 0.3 is 0 Å². The zero-order chi connectivity index (χ0) is 16.9. The molecular weight excluding hydrogens is 350 g/mol. The van der Waals surface area contributed by atoms with Gasteiger partial charge in [-0.2, -0.15) is 4.31 Å². The molecule has 1 N–H and O–H groups in total. The number of hydrogen-bond acceptors (Lipinski definition) is 4. The average Bonchev–Trinajstić information content (AvgIpc) is 2.59. The van der Waals surface area contributed by atoms with Gasteiger partial charge in [0.25, 0.3) is 5.91 Å². The molecular formula is C16H26ClN3O3S. The number of amides is 1. The van der Waals surface area contributed by atoms with Crippen LogP contribution in [0, 0.1) is 0 Å². The van der Waals surface area contributed by atoms with Gasteiger partial charge in [-0.3, -0.25) is 4.79 Å². The molecule has 1 saturated heterocycles. The van der Waals surface area contributed by atoms with Crippen LogP contribution in [0.4, 0.5) is 0 Å². The zero-order valence-electron chi connectivity index (χ0n) is 14.2. The SMILES string of the molecule is CNCCN(C)C(=O)c1ccc(S(=O)(=O)N2CCCCC2)cc1.Cl. The van der Waals surface area contributed by atoms with E-state index >= 15 is 0 Å². The predicted octanol–water partition coefficient (Wildman–Crippen LogP) is 1.57. The van der Waals surface area contributed by atoms with E-state index in [0.29, 0.717) is 31.7 Å². The molecule has 136 valence electrons. The second-order valence-corrected chi connectivity index (χ2v) is 7.76. The summed E-state index contributed by atoms with van der Waals surface area (Å²) in [4.78, 5) is 14.1. The number of nitrogens with zero attached hydrogens (tertiary/aromatic N) is 2. The molecule has 6 nitrogen and oxygen atoms in total. The lowest BCUT2D eigenvalue weighted by Crippen LogP contribution is -2.35. The third-order valence-corrected chi connectivity index (χ3v) is 6.01. The first-order chi connectivity index (χ1) is 11.0. The normalized spacial score (nSPS) is 15.6. The summed E-state index contributed by atoms with van der Waals surface area (Å²) >= 11 is 0. The molecule has 1 heterocycles. The van der Waals surface area contributed by atoms with Gasteiger partial charge in [0.1, 0.15) is 0 Å². The fraction of sp³-hybridized carbons (Fsp3) is 0.562. The summed E-state index contributed by atoms with van der Waals surface area (Å²) in [6.07, 6.45) is 2.90. The first-order valence-corrected chi connectivity index (χ1v) is 9.41. The van der Waals surface area contributed by atoms with Crippen LogP contribution in [0.25, 0.3) is 0 Å². The monoisotopic (exact) mass is 375 g/mol. The van der Waals surface area contributed by atoms with Crippen molar-refractivity contribution in [3.63, 3.8) is 0 Å². The first-order valence-electron chi connectivity index (χ1n) is 7.97. The molecule has 24 heavy (non-hydrogen) atoms. The minimum Gasteiger partial charge on any atom is -0.340 e. The van der Waals surface area contributed by atoms with Crippen LogP contribution in [-0.4, -0.2) is 63.8 Å². The fourth-order valence-electron chi connectivity index (χ4n) is 2.63. The molecule has 1 aromatic rings. The minimum atomic E-state index is -3.44. The Labute approximate surface area is 150 Å². The number of nitrogens with one attached hydrogen (secondary N) is 1. The van der Waals surface area contributed by atoms with E-state index in [-0.39, 0.29) is 23.2 Å². The maximum absolute atomic E-state index is 12.6. The lowest BCUT2D eigenvalue weighted by atomic mass is 10.2. The molecule has 1 aromatic carbocycles. The standard InChI is InChI=1S/C16H25N3O3S.ClH/c1-17-10-13-18(2)16(20)14-6-8-15(9-7-14)23(21,22)19-11-4-3-5-12-19;/h6-9,17H,3-5,10-13H2,1-2H3;1H. The number of carbonyl (C=O) groups excluding carboxylic acids is 1. The molecule has 2 rings (SSSR count). The third kappa shape index (κ3) is 4.92. The number of rotatable bonds is 6. The van der Waals surface area contributed by atoms with E-state index in [2.05, 4.69) is 5.32 Å². The topological polar surface area (TPSA) is 69.7 Å². The molecule has 8 heteroatoms. The van der Waals surface area contributed by atoms with Crippen LogP contribution in [-0.2, 0) is 10.0 Å². The van der Waals surface area contributed by atoms with Crippen LogP contribution in [0.3, 0.4) is 0 Å². The summed E-state index contributed by atoms with van der Waals surface area (Å²) in [5.74, 6) is -0.109. The molecule has 1 fully saturated rings. The Morgan fingerprint density at radius 1 is 1.17 bits per heavy atom. The number of sulfonamides is 1. The Morgan fingerprint density at radius 2 is 1.75 bits per heavy atom. The highest BCUT2D eigenvalue weighted by molar-refractivity contribution is 7.89. The van der Waals surface area contributed by atoms with Crippen LogP contribution < -0.4 is 5.32 Å². The van der Waals surface area contributed by atoms with Gasteiger partial charge < -0.3 is 10.2 Å². The minimum absolute atomic E-state index is 0. The molecule has 0 radical (unpaired) electrons. The second-order valence-electron chi connectivity index (χ2n) is 5.82. The highest BCUT2D eigenvalue weighted by Gasteiger charge is 2.26. The molecule has 0 bridgehead atoms. The van der Waals surface area contributed by atoms with E-state index in [1.54, 1.807) is 24.1 Å². The van der Waals surface area contributed by atoms with Crippen molar-refractivity contribution >= 4 is 28.3 Å². The number of benzene rings is 1. The maximum atomic E-state index is 12.6. The van der Waals surface area contributed by atoms with E-state index in [9.17, 15) is 13.2 Å². The van der Waals surface area contributed by atoms with Crippen LogP contribution in [0.2, 0.25) is 0 Å². The summed E-state index contributed by atoms with van der Waals surface area (Å²) in [6.45, 7) is 2.47. The van der Waals surface area contributed by atoms with Gasteiger partial charge in [0.15, 0.2) is 0 Å². The Morgan fingerprint density at radius 3 is 2.29 bits per heavy atom. The second kappa shape index (κ2) is 9.36. The van der Waals surface area contributed by atoms with E-state index in [4.69, 9.17) is 0 Å². The molecule has 0 atom stereocenters. The van der Waals surface area contributed by atoms with Gasteiger partial charge in [-0.1, -0.05) is 6.42 Å². The molecule has 0 aliphatic carbocycles. The first kappa shape index (κ1) is 20.9. The van der Waals surface area contributed by atoms with Crippen molar-refractivity contribution in [2.24, 2.45) is 0 Å². The zero-order valence-corrected chi connectivity index (χ0v) is 15.8. The van der Waals surface area contributed by atoms with E-state index in [1.165, 1.54) is 16.4 Å². The summed E-state index contributed by atoms with van der Waals surface area (Å²) in [7, 11) is 0.126. The van der Waals surface area contributed by atoms with Gasteiger partial charge in [-0.25, -0.2) is 8.42 Å². The van der Waals surface area contributed by atoms with Gasteiger partial charge in [0.2, 0.25) is 10.0 Å². The fourth-order valence-corrected chi connectivity index (χ4v) is 4.14. The lowest BCUT2D eigenvalue weighted by molar-refractivity contribution is 0.0796. The Balaban J connectivity index is 0.00000288. The number of carbonyl (C=O) groups is 1. The summed E-state index contributed by atoms with van der Waals surface area (Å²) < 4.78 is 26.7. The summed E-state index contributed by atoms with van der Waals surface area (Å²) in [5, 5.41) is 2.99. The van der Waals surface area contributed by atoms with Crippen molar-refractivity contribution in [2.45, 2.75) is 24.2 Å². The highest BCUT2D eigenvalue weighted by Crippen LogP contribution is 2.21. The lowest BCUT2D eigenvalue weighted by Gasteiger charge is -2.26. The smallest absolute Gasteiger partial charge is 0.253 e. The highest BCUT2D eigenvalue weighted by atomic mass is 35.5. The van der Waals surface area contributed by atoms with Crippen molar-refractivity contribution in [3.05, 3.63) is 29.8 Å². The van der Waals surface area contributed by atoms with Crippen molar-refractivity contribution in [2.75, 3.05) is 40.3 Å². The average molecular weight is 376 g/mol. The third-order valence-electron chi connectivity index (χ3n) is 4.10. The molecule has 1 amide bonds. The maximum Gasteiger partial charge on any atom is 0.253 e. The molecule has 0 aromatic heterocycles. The number of hydrogen-bond donors (Lipinski definition) is 1. The molecule has 0 spiro atoms. The number of piperidine rings is 1. The van der Waals surface area contributed by atoms with Crippen LogP contribution in [0.1, 0.15) is 29.6 Å². The number of likely N-dealkylation sites (N-methyl/N-ethyl adjacent to an activating group) is 2. The number of halogens is 1.